The van der Waals surface area contributed by atoms with Crippen molar-refractivity contribution in [2.75, 3.05) is 30.3 Å². The number of rotatable bonds is 16. The molecule has 3 saturated heterocycles. The number of nitrogens with two attached hydrogens (primary N) is 1. The summed E-state index contributed by atoms with van der Waals surface area (Å²) in [5.74, 6) is -15.1. The number of piperidine rings is 3. The van der Waals surface area contributed by atoms with E-state index in [-0.39, 0.29) is 174 Å². The van der Waals surface area contributed by atoms with Gasteiger partial charge in [-0.05, 0) is 185 Å². The first kappa shape index (κ1) is 118. The number of aromatic nitrogens is 4. The number of aromatic carboxylic acids is 1. The topological polar surface area (TPSA) is 469 Å². The predicted octanol–water partition coefficient (Wildman–Crippen LogP) is 5.28. The van der Waals surface area contributed by atoms with Gasteiger partial charge in [0.1, 0.15) is 29.1 Å². The number of anilines is 2. The number of likely N-dealkylation sites (tertiary alicyclic amines) is 3. The van der Waals surface area contributed by atoms with Gasteiger partial charge in [0, 0.05) is 170 Å². The minimum absolute atomic E-state index is 0. The summed E-state index contributed by atoms with van der Waals surface area (Å²) in [7, 11) is -3.15. The van der Waals surface area contributed by atoms with Crippen LogP contribution in [0.4, 0.5) is 51.1 Å². The number of quaternary nitrogens is 1. The van der Waals surface area contributed by atoms with Gasteiger partial charge in [-0.1, -0.05) is 57.3 Å². The molecule has 9 heterocycles. The van der Waals surface area contributed by atoms with Crippen LogP contribution in [0.1, 0.15) is 190 Å². The molecular formula is C88H99F9IK3N12O17P2. The molecule has 0 radical (unpaired) electrons. The molecule has 3 fully saturated rings. The van der Waals surface area contributed by atoms with Gasteiger partial charge in [0.2, 0.25) is 29.5 Å². The molecule has 6 amide bonds. The van der Waals surface area contributed by atoms with E-state index in [4.69, 9.17) is 25.6 Å². The van der Waals surface area contributed by atoms with Gasteiger partial charge in [0.15, 0.2) is 52.3 Å². The summed E-state index contributed by atoms with van der Waals surface area (Å²) in [5.41, 5.74) is 13.3. The molecule has 4 aromatic heterocycles. The number of Topliss-reactive ketones (excluding diaryl/α,β-unsaturated/α-hetero) is 1. The number of hydrogen-bond donors (Lipinski definition) is 6. The van der Waals surface area contributed by atoms with Crippen LogP contribution in [-0.4, -0.2) is 223 Å². The first-order valence-electron chi connectivity index (χ1n) is 40.6. The fourth-order valence-electron chi connectivity index (χ4n) is 17.1. The number of likely N-dealkylation sites (N-methyl/N-ethyl adjacent to an activating group) is 3. The Labute approximate surface area is 860 Å². The molecule has 2 unspecified atom stereocenters. The molecule has 8 aromatic rings. The normalized spacial score (nSPS) is 21.5. The number of carboxylic acid groups (broad SMARTS) is 2. The number of ketones is 1. The van der Waals surface area contributed by atoms with E-state index in [0.717, 1.165) is 75.6 Å². The van der Waals surface area contributed by atoms with Crippen molar-refractivity contribution in [3.05, 3.63) is 247 Å². The van der Waals surface area contributed by atoms with E-state index in [1.807, 2.05) is 30.3 Å². The van der Waals surface area contributed by atoms with Gasteiger partial charge in [0.05, 0.1) is 34.4 Å². The van der Waals surface area contributed by atoms with E-state index in [1.54, 1.807) is 97.3 Å². The summed E-state index contributed by atoms with van der Waals surface area (Å²) in [6.07, 6.45) is 8.57. The Bertz CT molecular complexity index is 5410. The van der Waals surface area contributed by atoms with E-state index < -0.39 is 149 Å². The van der Waals surface area contributed by atoms with Gasteiger partial charge in [-0.3, -0.25) is 48.3 Å². The fourth-order valence-corrected chi connectivity index (χ4v) is 17.1. The molecule has 2 aliphatic carbocycles. The van der Waals surface area contributed by atoms with Gasteiger partial charge in [-0.15, -0.1) is 0 Å². The monoisotopic (exact) mass is 2070 g/mol. The van der Waals surface area contributed by atoms with Crippen LogP contribution in [0.3, 0.4) is 0 Å². The van der Waals surface area contributed by atoms with Crippen LogP contribution in [-0.2, 0) is 90.5 Å². The quantitative estimate of drug-likeness (QED) is 0.0105. The van der Waals surface area contributed by atoms with Gasteiger partial charge in [0.25, 0.3) is 5.91 Å². The van der Waals surface area contributed by atoms with E-state index in [2.05, 4.69) is 68.3 Å². The van der Waals surface area contributed by atoms with Crippen molar-refractivity contribution in [1.82, 2.24) is 40.0 Å². The SMILES string of the molecule is C.C.CC(=O)N[C@@H](Cc1ccccc1)C(=O)[O-].CC(=O)PI.CCN1C(=O)[C@@H](CC(=O)c2cnc3c(c2)C[C@@]2(C3)C(=O)Nc3ncccc32)C[C@@H](c2c(F)ccc(F)c2F)[C@H]1C.CCN1C(=O)[C@@H](N)C[C@@H](c2c(F)ccc(F)c2F)[C@H]1C.CCN1C(=O)[C@@H]([NH3+])C[C@@H](c2c(F)ccc(F)c2F)[C@H]1C.O.O=C(O)c1cnc2c(c1)C[C@@]1(C2)C(=O)Nc2ncccc21.O=[P+]([O-])O[O-].[K+].[K][K]. The zero-order chi connectivity index (χ0) is 94.8. The fraction of sp³-hybridized carbons (Fsp3) is 0.386. The second-order valence-corrected chi connectivity index (χ2v) is 33.9. The van der Waals surface area contributed by atoms with Crippen LogP contribution in [0.5, 0.6) is 0 Å². The molecule has 0 bridgehead atoms. The number of pyridine rings is 4. The van der Waals surface area contributed by atoms with Crippen LogP contribution in [0.15, 0.2) is 128 Å². The Balaban J connectivity index is 0.000000345. The molecule has 29 nitrogen and oxygen atoms in total. The molecule has 44 heteroatoms. The molecule has 2 spiro atoms. The second kappa shape index (κ2) is 53.7. The molecule has 15 rings (SSSR count). The maximum absolute atomic E-state index is 14.8. The molecular weight excluding hydrogens is 1970 g/mol. The van der Waals surface area contributed by atoms with Gasteiger partial charge in [-0.2, -0.15) is 0 Å². The number of hydrogen-bond acceptors (Lipinski definition) is 20. The standard InChI is InChI=1S/C30H27F3N4O3.C15H11N3O3.2C14H17F3N2O.C11H13NO3.C2H4IOP.2CH4.3K.HO4P.H2O/c1-3-37-15(2)19(25-21(31)6-7-22(32)26(25)33)10-16(28(37)39)11-24(38)18-9-17-12-30(13-23(17)35-14-18)20-5-4-8-34-27(20)36-29(30)40;19-13(20)9-4-8-5-15(6-11(8)17-7-9)10-2-1-3-16-12(10)18-14(15)21;2*1-3-19-7(2)8(6-11(18)14(19)20)12-9(15)4-5-10(16)13(12)17;1-8(13)12-10(11(14)15)7-9-5-3-2-4-6-9;1-2(4)5-3;;;;;;1-4-5(2)3;/h4-9,14-16,19H,3,10-13H2,1-2H3,(H,34,36,40);1-4,7H,5-6H2,(H,19,20)(H,16,18,21);2*4-5,7-8,11H,3,6,18H2,1-2H3;2-6,10H,7H2,1H3,(H,12,13)(H,14,15);5H,1H3;2*1H4;;;;1H;1H2/q;;;;;;;;;;+1;;/p-1/t15-,16-,19-,30+;15-;2*7-,8-,11+;10-;;;;;;;;/m10110......../s1. The molecule has 7 aliphatic rings. The second-order valence-electron chi connectivity index (χ2n) is 30.8. The Hall–Kier alpha value is -6.12. The Morgan fingerprint density at radius 3 is 1.39 bits per heavy atom. The molecule has 11 N–H and O–H groups in total. The van der Waals surface area contributed by atoms with Gasteiger partial charge < -0.3 is 72.8 Å². The number of fused-ring (bicyclic) bond motifs is 6. The number of nitrogens with one attached hydrogen (secondary N) is 3. The predicted molar refractivity (Wildman–Crippen MR) is 471 cm³/mol. The average molecular weight is 2070 g/mol. The first-order chi connectivity index (χ1) is 60.6. The summed E-state index contributed by atoms with van der Waals surface area (Å²) < 4.78 is 137. The van der Waals surface area contributed by atoms with Crippen LogP contribution in [0, 0.1) is 58.3 Å². The number of amides is 6. The molecule has 14 atom stereocenters. The molecule has 696 valence electrons. The number of benzene rings is 4. The first-order valence-corrected chi connectivity index (χ1v) is 61.8. The zero-order valence-corrected chi connectivity index (χ0v) is 86.0. The third-order valence-electron chi connectivity index (χ3n) is 23.2. The molecule has 5 aliphatic heterocycles. The summed E-state index contributed by atoms with van der Waals surface area (Å²) in [4.78, 5) is 149. The van der Waals surface area contributed by atoms with E-state index in [9.17, 15) is 92.6 Å². The number of nitrogens with zero attached hydrogens (tertiary/aromatic N) is 7. The summed E-state index contributed by atoms with van der Waals surface area (Å²) in [6.45, 7) is 14.4. The van der Waals surface area contributed by atoms with Crippen molar-refractivity contribution in [3.63, 3.8) is 0 Å². The van der Waals surface area contributed by atoms with Gasteiger partial charge >= 0.3 is 129 Å². The number of carbonyl (C=O) groups excluding carboxylic acids is 9. The average Bonchev–Trinajstić information content (AvgIpc) is 1.57. The van der Waals surface area contributed by atoms with Crippen LogP contribution < -0.4 is 94.1 Å². The zero-order valence-electron chi connectivity index (χ0n) is 72.6. The Morgan fingerprint density at radius 2 is 1.00 bits per heavy atom. The van der Waals surface area contributed by atoms with Crippen molar-refractivity contribution >= 4 is 170 Å². The summed E-state index contributed by atoms with van der Waals surface area (Å²) in [6, 6.07) is 21.0. The van der Waals surface area contributed by atoms with Crippen molar-refractivity contribution in [3.8, 4) is 0 Å². The van der Waals surface area contributed by atoms with Crippen molar-refractivity contribution in [1.29, 1.82) is 0 Å². The molecule has 132 heavy (non-hydrogen) atoms. The number of carbonyl (C=O) groups is 10. The van der Waals surface area contributed by atoms with E-state index >= 15 is 0 Å². The van der Waals surface area contributed by atoms with Crippen LogP contribution in [0.25, 0.3) is 0 Å². The third-order valence-corrected chi connectivity index (χ3v) is 25.9. The van der Waals surface area contributed by atoms with Crippen LogP contribution >= 0.6 is 36.5 Å². The number of halogens is 10. The van der Waals surface area contributed by atoms with Crippen molar-refractivity contribution in [2.45, 2.75) is 193 Å². The van der Waals surface area contributed by atoms with E-state index in [1.165, 1.54) is 97.2 Å². The number of aliphatic carboxylic acids is 1. The number of carboxylic acids is 2. The Morgan fingerprint density at radius 1 is 0.621 bits per heavy atom. The molecule has 0 saturated carbocycles. The van der Waals surface area contributed by atoms with E-state index in [0.29, 0.717) is 62.2 Å². The summed E-state index contributed by atoms with van der Waals surface area (Å²) >= 11 is 4.56. The summed E-state index contributed by atoms with van der Waals surface area (Å²) in [5, 5.41) is 36.3. The van der Waals surface area contributed by atoms with Gasteiger partial charge in [-0.25, -0.2) is 59.0 Å². The van der Waals surface area contributed by atoms with Crippen LogP contribution in [0.2, 0.25) is 0 Å². The Kier molecular flexibility index (Phi) is 48.1. The van der Waals surface area contributed by atoms with Crippen molar-refractivity contribution < 1.29 is 180 Å². The minimum atomic E-state index is -3.15. The third kappa shape index (κ3) is 27.9. The molecule has 4 aromatic carbocycles. The maximum atomic E-state index is 14.8. The van der Waals surface area contributed by atoms with Crippen molar-refractivity contribution in [2.24, 2.45) is 11.7 Å².